The fourth-order valence-corrected chi connectivity index (χ4v) is 10.1. The number of anilines is 1. The van der Waals surface area contributed by atoms with Crippen molar-refractivity contribution in [2.45, 2.75) is 81.7 Å². The molecule has 1 aliphatic rings. The largest absolute Gasteiger partial charge is 0.494 e. The second kappa shape index (κ2) is 12.8. The van der Waals surface area contributed by atoms with Gasteiger partial charge in [-0.15, -0.1) is 0 Å². The van der Waals surface area contributed by atoms with Gasteiger partial charge in [0, 0.05) is 17.0 Å². The number of benzene rings is 2. The molecule has 3 N–H and O–H groups in total. The van der Waals surface area contributed by atoms with Gasteiger partial charge in [-0.25, -0.2) is 0 Å². The van der Waals surface area contributed by atoms with Crippen molar-refractivity contribution in [3.63, 3.8) is 0 Å². The second-order valence-electron chi connectivity index (χ2n) is 9.76. The normalized spacial score (nSPS) is 16.6. The molecule has 1 saturated carbocycles. The number of nitrogens with one attached hydrogen (secondary N) is 1. The first kappa shape index (κ1) is 28.3. The van der Waals surface area contributed by atoms with E-state index in [-0.39, 0.29) is 5.91 Å². The van der Waals surface area contributed by atoms with Gasteiger partial charge < -0.3 is 20.4 Å². The summed E-state index contributed by atoms with van der Waals surface area (Å²) in [5.41, 5.74) is 9.09. The molecule has 3 rings (SSSR count). The Balaban J connectivity index is 1.45. The Labute approximate surface area is 219 Å². The topological polar surface area (TPSA) is 98.5 Å². The smallest absolute Gasteiger partial charge is 0.231 e. The zero-order valence-electron chi connectivity index (χ0n) is 21.7. The van der Waals surface area contributed by atoms with Crippen LogP contribution in [-0.2, 0) is 20.6 Å². The first-order chi connectivity index (χ1) is 17.2. The first-order valence-corrected chi connectivity index (χ1v) is 16.4. The number of carbonyl (C=O) groups is 2. The molecule has 2 aromatic rings. The Morgan fingerprint density at radius 1 is 1.11 bits per heavy atom. The zero-order chi connectivity index (χ0) is 26.2. The second-order valence-corrected chi connectivity index (χ2v) is 15.6. The molecule has 1 atom stereocenters. The summed E-state index contributed by atoms with van der Waals surface area (Å²) in [6.07, 6.45) is 4.23. The van der Waals surface area contributed by atoms with Crippen molar-refractivity contribution >= 4 is 35.2 Å². The maximum absolute atomic E-state index is 13.6. The molecule has 2 aromatic carbocycles. The van der Waals surface area contributed by atoms with Crippen LogP contribution in [0, 0.1) is 6.92 Å². The van der Waals surface area contributed by atoms with E-state index in [1.165, 1.54) is 22.5 Å². The summed E-state index contributed by atoms with van der Waals surface area (Å²) in [4.78, 5) is 25.4. The molecule has 0 saturated heterocycles. The van der Waals surface area contributed by atoms with E-state index in [9.17, 15) is 14.2 Å². The summed E-state index contributed by atoms with van der Waals surface area (Å²) in [5, 5.41) is 2.05. The Morgan fingerprint density at radius 3 is 2.42 bits per heavy atom. The van der Waals surface area contributed by atoms with Crippen LogP contribution in [-0.4, -0.2) is 30.2 Å². The van der Waals surface area contributed by atoms with Crippen LogP contribution in [0.15, 0.2) is 47.4 Å². The maximum Gasteiger partial charge on any atom is 0.231 e. The molecule has 0 aromatic heterocycles. The highest BCUT2D eigenvalue weighted by molar-refractivity contribution is 8.58. The Bertz CT molecular complexity index is 1100. The number of hydrogen-bond acceptors (Lipinski definition) is 5. The fourth-order valence-electron chi connectivity index (χ4n) is 4.84. The third kappa shape index (κ3) is 7.17. The van der Waals surface area contributed by atoms with E-state index in [0.717, 1.165) is 42.7 Å². The third-order valence-electron chi connectivity index (χ3n) is 6.98. The predicted molar refractivity (Wildman–Crippen MR) is 149 cm³/mol. The molecule has 1 aliphatic carbocycles. The van der Waals surface area contributed by atoms with E-state index < -0.39 is 17.4 Å². The number of hydrogen-bond donors (Lipinski definition) is 2. The monoisotopic (exact) mass is 530 g/mol. The standard InChI is InChI=1S/C28H39N2O4PS/c1-4-9-22-11-12-23(20-21(22)2)30-26(31)10-8-19-34-24-13-15-25(16-14-24)36-35(3,33)28(27(29)32)17-6-5-7-18-28/h11-16,20H,4-10,17-19H2,1-3H3,(H2,29,32)(H,30,31). The van der Waals surface area contributed by atoms with E-state index in [0.29, 0.717) is 38.0 Å². The first-order valence-electron chi connectivity index (χ1n) is 12.9. The van der Waals surface area contributed by atoms with Crippen LogP contribution in [0.4, 0.5) is 5.69 Å². The highest BCUT2D eigenvalue weighted by atomic mass is 32.7. The van der Waals surface area contributed by atoms with Crippen LogP contribution in [0.3, 0.4) is 0 Å². The fraction of sp³-hybridized carbons (Fsp3) is 0.500. The van der Waals surface area contributed by atoms with Crippen LogP contribution in [0.25, 0.3) is 0 Å². The van der Waals surface area contributed by atoms with E-state index in [1.54, 1.807) is 6.66 Å². The molecule has 36 heavy (non-hydrogen) atoms. The number of carbonyl (C=O) groups excluding carboxylic acids is 2. The lowest BCUT2D eigenvalue weighted by Crippen LogP contribution is -2.44. The molecule has 6 nitrogen and oxygen atoms in total. The lowest BCUT2D eigenvalue weighted by molar-refractivity contribution is -0.121. The Kier molecular flexibility index (Phi) is 10.1. The lowest BCUT2D eigenvalue weighted by Gasteiger charge is -2.38. The molecule has 1 unspecified atom stereocenters. The number of rotatable bonds is 12. The molecule has 0 heterocycles. The number of nitrogens with two attached hydrogens (primary N) is 1. The summed E-state index contributed by atoms with van der Waals surface area (Å²) in [6, 6.07) is 13.5. The SMILES string of the molecule is CCCc1ccc(NC(=O)CCCOc2ccc(SP(C)(=O)C3(C(N)=O)CCCCC3)cc2)cc1C. The van der Waals surface area contributed by atoms with Gasteiger partial charge in [-0.05, 0) is 86.8 Å². The lowest BCUT2D eigenvalue weighted by atomic mass is 9.88. The number of primary amides is 1. The molecule has 8 heteroatoms. The quantitative estimate of drug-likeness (QED) is 0.229. The summed E-state index contributed by atoms with van der Waals surface area (Å²) in [7, 11) is 0. The molecular formula is C28H39N2O4PS. The van der Waals surface area contributed by atoms with Crippen molar-refractivity contribution in [2.24, 2.45) is 5.73 Å². The number of aryl methyl sites for hydroxylation is 2. The van der Waals surface area contributed by atoms with Gasteiger partial charge in [0.2, 0.25) is 11.8 Å². The van der Waals surface area contributed by atoms with Gasteiger partial charge in [0.25, 0.3) is 0 Å². The van der Waals surface area contributed by atoms with E-state index in [4.69, 9.17) is 10.5 Å². The Morgan fingerprint density at radius 2 is 1.81 bits per heavy atom. The van der Waals surface area contributed by atoms with Gasteiger partial charge >= 0.3 is 0 Å². The minimum absolute atomic E-state index is 0.0298. The van der Waals surface area contributed by atoms with Gasteiger partial charge in [0.1, 0.15) is 10.9 Å². The molecule has 1 fully saturated rings. The predicted octanol–water partition coefficient (Wildman–Crippen LogP) is 6.93. The summed E-state index contributed by atoms with van der Waals surface area (Å²) >= 11 is 1.27. The van der Waals surface area contributed by atoms with Crippen molar-refractivity contribution in [1.82, 2.24) is 0 Å². The minimum atomic E-state index is -2.91. The highest BCUT2D eigenvalue weighted by Gasteiger charge is 2.50. The maximum atomic E-state index is 13.6. The average molecular weight is 531 g/mol. The van der Waals surface area contributed by atoms with Gasteiger partial charge in [0.05, 0.1) is 6.61 Å². The van der Waals surface area contributed by atoms with Gasteiger partial charge in [-0.2, -0.15) is 0 Å². The van der Waals surface area contributed by atoms with Crippen molar-refractivity contribution in [3.05, 3.63) is 53.6 Å². The number of ether oxygens (including phenoxy) is 1. The molecule has 0 bridgehead atoms. The molecular weight excluding hydrogens is 491 g/mol. The van der Waals surface area contributed by atoms with Crippen LogP contribution in [0.1, 0.15) is 69.4 Å². The summed E-state index contributed by atoms with van der Waals surface area (Å²) < 4.78 is 19.4. The molecule has 0 radical (unpaired) electrons. The van der Waals surface area contributed by atoms with Crippen molar-refractivity contribution < 1.29 is 18.9 Å². The summed E-state index contributed by atoms with van der Waals surface area (Å²) in [6.45, 7) is 6.35. The average Bonchev–Trinajstić information content (AvgIpc) is 2.84. The van der Waals surface area contributed by atoms with Crippen molar-refractivity contribution in [1.29, 1.82) is 0 Å². The minimum Gasteiger partial charge on any atom is -0.494 e. The van der Waals surface area contributed by atoms with Gasteiger partial charge in [-0.3, -0.25) is 9.59 Å². The molecule has 0 aliphatic heterocycles. The zero-order valence-corrected chi connectivity index (χ0v) is 23.4. The van der Waals surface area contributed by atoms with E-state index in [2.05, 4.69) is 25.2 Å². The van der Waals surface area contributed by atoms with Crippen LogP contribution in [0.2, 0.25) is 0 Å². The van der Waals surface area contributed by atoms with Gasteiger partial charge in [-0.1, -0.05) is 50.1 Å². The van der Waals surface area contributed by atoms with E-state index >= 15 is 0 Å². The van der Waals surface area contributed by atoms with Gasteiger partial charge in [0.15, 0.2) is 6.34 Å². The number of amides is 2. The van der Waals surface area contributed by atoms with Crippen molar-refractivity contribution in [3.8, 4) is 5.75 Å². The van der Waals surface area contributed by atoms with Crippen LogP contribution >= 0.6 is 17.7 Å². The Hall–Kier alpha value is -2.24. The van der Waals surface area contributed by atoms with Crippen molar-refractivity contribution in [2.75, 3.05) is 18.6 Å². The molecule has 196 valence electrons. The third-order valence-corrected chi connectivity index (χ3v) is 12.8. The van der Waals surface area contributed by atoms with Crippen LogP contribution in [0.5, 0.6) is 5.75 Å². The van der Waals surface area contributed by atoms with Crippen LogP contribution < -0.4 is 15.8 Å². The van der Waals surface area contributed by atoms with E-state index in [1.807, 2.05) is 36.4 Å². The highest BCUT2D eigenvalue weighted by Crippen LogP contribution is 2.71. The summed E-state index contributed by atoms with van der Waals surface area (Å²) in [5.74, 6) is 0.223. The molecule has 2 amide bonds. The molecule has 0 spiro atoms.